The van der Waals surface area contributed by atoms with Crippen LogP contribution in [0.5, 0.6) is 11.6 Å². The maximum Gasteiger partial charge on any atom is 0.231 e. The highest BCUT2D eigenvalue weighted by molar-refractivity contribution is 7.19. The van der Waals surface area contributed by atoms with E-state index in [0.717, 1.165) is 55.2 Å². The molecule has 0 unspecified atom stereocenters. The molecule has 5 nitrogen and oxygen atoms in total. The summed E-state index contributed by atoms with van der Waals surface area (Å²) in [5.74, 6) is 2.03. The van der Waals surface area contributed by atoms with Crippen molar-refractivity contribution >= 4 is 44.8 Å². The lowest BCUT2D eigenvalue weighted by molar-refractivity contribution is 0.0330. The zero-order valence-corrected chi connectivity index (χ0v) is 17.5. The quantitative estimate of drug-likeness (QED) is 0.569. The molecule has 3 heterocycles. The van der Waals surface area contributed by atoms with Crippen LogP contribution in [0.2, 0.25) is 10.0 Å². The Kier molecular flexibility index (Phi) is 5.15. The maximum atomic E-state index is 6.21. The lowest BCUT2D eigenvalue weighted by Gasteiger charge is -2.25. The number of aryl methyl sites for hydroxylation is 2. The lowest BCUT2D eigenvalue weighted by atomic mass is 10.2. The van der Waals surface area contributed by atoms with Crippen LogP contribution < -0.4 is 4.74 Å². The maximum absolute atomic E-state index is 6.21. The van der Waals surface area contributed by atoms with Crippen LogP contribution in [0, 0.1) is 0 Å². The topological polar surface area (TPSA) is 47.5 Å². The molecule has 0 amide bonds. The van der Waals surface area contributed by atoms with Gasteiger partial charge >= 0.3 is 0 Å². The molecule has 1 aliphatic carbocycles. The average Bonchev–Trinajstić information content (AvgIpc) is 3.26. The Morgan fingerprint density at radius 1 is 1.11 bits per heavy atom. The molecular formula is C20H19Cl2N3O2S. The van der Waals surface area contributed by atoms with Crippen LogP contribution in [0.15, 0.2) is 18.2 Å². The summed E-state index contributed by atoms with van der Waals surface area (Å²) in [6.45, 7) is 3.99. The second-order valence-corrected chi connectivity index (χ2v) is 8.95. The van der Waals surface area contributed by atoms with Gasteiger partial charge in [-0.25, -0.2) is 4.98 Å². The summed E-state index contributed by atoms with van der Waals surface area (Å²) in [6, 6.07) is 5.28. The number of benzene rings is 1. The van der Waals surface area contributed by atoms with E-state index in [2.05, 4.69) is 4.90 Å². The molecule has 146 valence electrons. The highest BCUT2D eigenvalue weighted by atomic mass is 35.5. The largest absolute Gasteiger partial charge is 0.438 e. The first-order valence-corrected chi connectivity index (χ1v) is 11.0. The number of hydrogen-bond acceptors (Lipinski definition) is 6. The number of aromatic nitrogens is 2. The third kappa shape index (κ3) is 3.60. The Morgan fingerprint density at radius 2 is 1.96 bits per heavy atom. The minimum absolute atomic E-state index is 0.466. The molecular weight excluding hydrogens is 417 g/mol. The molecule has 0 bridgehead atoms. The summed E-state index contributed by atoms with van der Waals surface area (Å²) in [6.07, 6.45) is 3.35. The first-order valence-electron chi connectivity index (χ1n) is 9.41. The first kappa shape index (κ1) is 18.6. The van der Waals surface area contributed by atoms with Gasteiger partial charge in [-0.05, 0) is 37.0 Å². The van der Waals surface area contributed by atoms with E-state index < -0.39 is 0 Å². The van der Waals surface area contributed by atoms with E-state index in [0.29, 0.717) is 28.2 Å². The van der Waals surface area contributed by atoms with Crippen LogP contribution in [-0.4, -0.2) is 41.2 Å². The number of hydrogen-bond donors (Lipinski definition) is 0. The van der Waals surface area contributed by atoms with Gasteiger partial charge in [0.2, 0.25) is 5.88 Å². The molecule has 0 N–H and O–H groups in total. The van der Waals surface area contributed by atoms with Gasteiger partial charge in [-0.3, -0.25) is 4.90 Å². The summed E-state index contributed by atoms with van der Waals surface area (Å²) < 4.78 is 11.7. The highest BCUT2D eigenvalue weighted by Gasteiger charge is 2.24. The van der Waals surface area contributed by atoms with Gasteiger partial charge in [0, 0.05) is 24.0 Å². The second kappa shape index (κ2) is 7.76. The minimum Gasteiger partial charge on any atom is -0.438 e. The van der Waals surface area contributed by atoms with Gasteiger partial charge in [-0.1, -0.05) is 23.2 Å². The van der Waals surface area contributed by atoms with Gasteiger partial charge in [0.25, 0.3) is 0 Å². The van der Waals surface area contributed by atoms with Gasteiger partial charge in [0.1, 0.15) is 16.4 Å². The van der Waals surface area contributed by atoms with Crippen molar-refractivity contribution in [2.45, 2.75) is 25.8 Å². The first-order chi connectivity index (χ1) is 13.7. The molecule has 8 heteroatoms. The molecule has 3 aromatic rings. The third-order valence-corrected chi connectivity index (χ3v) is 7.08. The Balaban J connectivity index is 1.54. The number of nitrogens with zero attached hydrogens (tertiary/aromatic N) is 3. The second-order valence-electron chi connectivity index (χ2n) is 7.05. The SMILES string of the molecule is Clc1ccc(Oc2nc(CN3CCOCC3)nc3sc4c(c23)CCC4)cc1Cl. The molecule has 2 aromatic heterocycles. The Morgan fingerprint density at radius 3 is 2.79 bits per heavy atom. The summed E-state index contributed by atoms with van der Waals surface area (Å²) >= 11 is 14.0. The Bertz CT molecular complexity index is 1030. The van der Waals surface area contributed by atoms with Crippen molar-refractivity contribution in [3.05, 3.63) is 44.5 Å². The highest BCUT2D eigenvalue weighted by Crippen LogP contribution is 2.42. The fourth-order valence-electron chi connectivity index (χ4n) is 3.76. The van der Waals surface area contributed by atoms with Crippen molar-refractivity contribution in [1.29, 1.82) is 0 Å². The van der Waals surface area contributed by atoms with Crippen molar-refractivity contribution in [2.75, 3.05) is 26.3 Å². The summed E-state index contributed by atoms with van der Waals surface area (Å²) in [5, 5.41) is 2.02. The van der Waals surface area contributed by atoms with E-state index in [1.54, 1.807) is 23.5 Å². The van der Waals surface area contributed by atoms with E-state index in [4.69, 9.17) is 42.6 Å². The summed E-state index contributed by atoms with van der Waals surface area (Å²) in [7, 11) is 0. The van der Waals surface area contributed by atoms with Gasteiger partial charge < -0.3 is 9.47 Å². The lowest BCUT2D eigenvalue weighted by Crippen LogP contribution is -2.36. The molecule has 0 saturated carbocycles. The molecule has 2 aliphatic rings. The number of rotatable bonds is 4. The fraction of sp³-hybridized carbons (Fsp3) is 0.400. The Hall–Kier alpha value is -1.44. The monoisotopic (exact) mass is 435 g/mol. The predicted octanol–water partition coefficient (Wildman–Crippen LogP) is 5.11. The van der Waals surface area contributed by atoms with Crippen molar-refractivity contribution in [1.82, 2.24) is 14.9 Å². The predicted molar refractivity (Wildman–Crippen MR) is 112 cm³/mol. The van der Waals surface area contributed by atoms with Crippen LogP contribution in [0.3, 0.4) is 0 Å². The molecule has 1 saturated heterocycles. The van der Waals surface area contributed by atoms with Crippen molar-refractivity contribution < 1.29 is 9.47 Å². The van der Waals surface area contributed by atoms with Gasteiger partial charge in [0.15, 0.2) is 0 Å². The van der Waals surface area contributed by atoms with E-state index in [1.807, 2.05) is 6.07 Å². The molecule has 1 fully saturated rings. The molecule has 1 aliphatic heterocycles. The summed E-state index contributed by atoms with van der Waals surface area (Å²) in [5.41, 5.74) is 1.34. The standard InChI is InChI=1S/C20H19Cl2N3O2S/c21-14-5-4-12(10-15(14)22)27-19-18-13-2-1-3-16(13)28-20(18)24-17(23-19)11-25-6-8-26-9-7-25/h4-5,10H,1-3,6-9,11H2. The number of morpholine rings is 1. The van der Waals surface area contributed by atoms with Crippen molar-refractivity contribution in [3.8, 4) is 11.6 Å². The van der Waals surface area contributed by atoms with Gasteiger partial charge in [0.05, 0.1) is 35.2 Å². The fourth-order valence-corrected chi connectivity index (χ4v) is 5.32. The molecule has 0 atom stereocenters. The van der Waals surface area contributed by atoms with Gasteiger partial charge in [-0.15, -0.1) is 11.3 Å². The molecule has 5 rings (SSSR count). The van der Waals surface area contributed by atoms with Crippen LogP contribution in [-0.2, 0) is 24.1 Å². The van der Waals surface area contributed by atoms with Crippen molar-refractivity contribution in [3.63, 3.8) is 0 Å². The number of halogens is 2. The van der Waals surface area contributed by atoms with Crippen molar-refractivity contribution in [2.24, 2.45) is 0 Å². The molecule has 1 aromatic carbocycles. The van der Waals surface area contributed by atoms with Crippen LogP contribution in [0.4, 0.5) is 0 Å². The van der Waals surface area contributed by atoms with E-state index in [1.165, 1.54) is 16.9 Å². The third-order valence-electron chi connectivity index (χ3n) is 5.15. The normalized spacial score (nSPS) is 17.2. The number of fused-ring (bicyclic) bond motifs is 3. The van der Waals surface area contributed by atoms with Crippen LogP contribution in [0.25, 0.3) is 10.2 Å². The number of thiophene rings is 1. The zero-order chi connectivity index (χ0) is 19.1. The average molecular weight is 436 g/mol. The van der Waals surface area contributed by atoms with Crippen LogP contribution >= 0.6 is 34.5 Å². The van der Waals surface area contributed by atoms with E-state index in [-0.39, 0.29) is 0 Å². The molecule has 0 spiro atoms. The Labute approximate surface area is 177 Å². The van der Waals surface area contributed by atoms with E-state index in [9.17, 15) is 0 Å². The van der Waals surface area contributed by atoms with E-state index >= 15 is 0 Å². The molecule has 0 radical (unpaired) electrons. The van der Waals surface area contributed by atoms with Crippen LogP contribution in [0.1, 0.15) is 22.7 Å². The number of ether oxygens (including phenoxy) is 2. The summed E-state index contributed by atoms with van der Waals surface area (Å²) in [4.78, 5) is 14.4. The minimum atomic E-state index is 0.466. The smallest absolute Gasteiger partial charge is 0.231 e. The zero-order valence-electron chi connectivity index (χ0n) is 15.2. The van der Waals surface area contributed by atoms with Gasteiger partial charge in [-0.2, -0.15) is 4.98 Å². The molecule has 28 heavy (non-hydrogen) atoms.